The fraction of sp³-hybridized carbons (Fsp3) is 0.235. The van der Waals surface area contributed by atoms with Crippen molar-refractivity contribution >= 4 is 17.4 Å². The number of carbonyl (C=O) groups excluding carboxylic acids is 1. The molecule has 2 rings (SSSR count). The second kappa shape index (κ2) is 8.53. The summed E-state index contributed by atoms with van der Waals surface area (Å²) in [4.78, 5) is 22.3. The molecule has 0 aliphatic carbocycles. The molecule has 8 nitrogen and oxygen atoms in total. The largest absolute Gasteiger partial charge is 0.497 e. The molecule has 2 aromatic rings. The zero-order valence-corrected chi connectivity index (χ0v) is 13.9. The molecule has 0 saturated carbocycles. The molecule has 0 radical (unpaired) electrons. The number of non-ortho nitro benzene ring substituents is 1. The van der Waals surface area contributed by atoms with Gasteiger partial charge in [-0.3, -0.25) is 10.1 Å². The number of urea groups is 1. The first-order valence-electron chi connectivity index (χ1n) is 7.53. The minimum absolute atomic E-state index is 0.130. The number of nitrogens with zero attached hydrogens (tertiary/aromatic N) is 1. The third kappa shape index (κ3) is 5.10. The van der Waals surface area contributed by atoms with Crippen molar-refractivity contribution in [2.75, 3.05) is 26.1 Å². The molecule has 132 valence electrons. The normalized spacial score (nSPS) is 10.0. The number of nitrogens with one attached hydrogen (secondary N) is 2. The number of benzene rings is 2. The van der Waals surface area contributed by atoms with Crippen LogP contribution in [0.25, 0.3) is 0 Å². The molecule has 0 aliphatic heterocycles. The third-order valence-corrected chi connectivity index (χ3v) is 3.50. The second-order valence-corrected chi connectivity index (χ2v) is 5.12. The molecule has 2 aromatic carbocycles. The number of methoxy groups -OCH3 is 2. The van der Waals surface area contributed by atoms with Gasteiger partial charge in [0.1, 0.15) is 11.5 Å². The summed E-state index contributed by atoms with van der Waals surface area (Å²) in [6.45, 7) is 0.412. The molecule has 0 fully saturated rings. The quantitative estimate of drug-likeness (QED) is 0.593. The van der Waals surface area contributed by atoms with Gasteiger partial charge in [-0.25, -0.2) is 4.79 Å². The average molecular weight is 345 g/mol. The van der Waals surface area contributed by atoms with Crippen LogP contribution in [-0.4, -0.2) is 31.7 Å². The van der Waals surface area contributed by atoms with Crippen molar-refractivity contribution < 1.29 is 19.2 Å². The molecule has 0 saturated heterocycles. The molecule has 0 aromatic heterocycles. The first-order chi connectivity index (χ1) is 12.0. The summed E-state index contributed by atoms with van der Waals surface area (Å²) >= 11 is 0. The van der Waals surface area contributed by atoms with Gasteiger partial charge in [0.25, 0.3) is 5.69 Å². The Morgan fingerprint density at radius 1 is 1.12 bits per heavy atom. The molecule has 0 unspecified atom stereocenters. The molecule has 0 heterocycles. The molecule has 0 bridgehead atoms. The predicted octanol–water partition coefficient (Wildman–Crippen LogP) is 2.98. The predicted molar refractivity (Wildman–Crippen MR) is 93.4 cm³/mol. The van der Waals surface area contributed by atoms with E-state index in [1.54, 1.807) is 7.11 Å². The van der Waals surface area contributed by atoms with Crippen LogP contribution in [0.3, 0.4) is 0 Å². The van der Waals surface area contributed by atoms with E-state index in [1.807, 2.05) is 24.3 Å². The van der Waals surface area contributed by atoms with E-state index >= 15 is 0 Å². The zero-order chi connectivity index (χ0) is 18.2. The van der Waals surface area contributed by atoms with E-state index in [2.05, 4.69) is 10.6 Å². The van der Waals surface area contributed by atoms with Gasteiger partial charge in [0.2, 0.25) is 0 Å². The maximum absolute atomic E-state index is 12.0. The van der Waals surface area contributed by atoms with E-state index in [0.29, 0.717) is 18.7 Å². The van der Waals surface area contributed by atoms with Gasteiger partial charge in [-0.15, -0.1) is 0 Å². The Bertz CT molecular complexity index is 746. The summed E-state index contributed by atoms with van der Waals surface area (Å²) in [5.41, 5.74) is 1.15. The van der Waals surface area contributed by atoms with Crippen LogP contribution in [0, 0.1) is 10.1 Å². The van der Waals surface area contributed by atoms with Gasteiger partial charge in [0.05, 0.1) is 24.8 Å². The van der Waals surface area contributed by atoms with E-state index in [9.17, 15) is 14.9 Å². The number of ether oxygens (including phenoxy) is 2. The second-order valence-electron chi connectivity index (χ2n) is 5.12. The summed E-state index contributed by atoms with van der Waals surface area (Å²) in [6, 6.07) is 11.1. The molecule has 0 atom stereocenters. The van der Waals surface area contributed by atoms with E-state index in [1.165, 1.54) is 25.3 Å². The molecule has 8 heteroatoms. The Labute approximate surface area is 144 Å². The molecule has 25 heavy (non-hydrogen) atoms. The standard InChI is InChI=1S/C17H19N3O5/c1-24-14-6-3-12(4-7-14)9-10-18-17(21)19-15-11-13(20(22)23)5-8-16(15)25-2/h3-8,11H,9-10H2,1-2H3,(H2,18,19,21). The first kappa shape index (κ1) is 18.1. The van der Waals surface area contributed by atoms with Gasteiger partial charge in [-0.05, 0) is 30.2 Å². The Morgan fingerprint density at radius 3 is 2.44 bits per heavy atom. The summed E-state index contributed by atoms with van der Waals surface area (Å²) in [7, 11) is 3.02. The van der Waals surface area contributed by atoms with E-state index in [-0.39, 0.29) is 11.4 Å². The van der Waals surface area contributed by atoms with Gasteiger partial charge >= 0.3 is 6.03 Å². The van der Waals surface area contributed by atoms with Crippen LogP contribution >= 0.6 is 0 Å². The van der Waals surface area contributed by atoms with Gasteiger partial charge < -0.3 is 20.1 Å². The van der Waals surface area contributed by atoms with Crippen LogP contribution in [-0.2, 0) is 6.42 Å². The summed E-state index contributed by atoms with van der Waals surface area (Å²) in [6.07, 6.45) is 0.642. The Balaban J connectivity index is 1.91. The Morgan fingerprint density at radius 2 is 1.84 bits per heavy atom. The lowest BCUT2D eigenvalue weighted by Crippen LogP contribution is -2.30. The maximum Gasteiger partial charge on any atom is 0.319 e. The van der Waals surface area contributed by atoms with Crippen LogP contribution in [0.1, 0.15) is 5.56 Å². The number of nitro groups is 1. The third-order valence-electron chi connectivity index (χ3n) is 3.50. The van der Waals surface area contributed by atoms with Gasteiger partial charge in [-0.2, -0.15) is 0 Å². The van der Waals surface area contributed by atoms with Crippen molar-refractivity contribution in [3.8, 4) is 11.5 Å². The van der Waals surface area contributed by atoms with Gasteiger partial charge in [0.15, 0.2) is 0 Å². The van der Waals surface area contributed by atoms with Crippen molar-refractivity contribution in [1.82, 2.24) is 5.32 Å². The van der Waals surface area contributed by atoms with Crippen LogP contribution in [0.15, 0.2) is 42.5 Å². The van der Waals surface area contributed by atoms with E-state index < -0.39 is 11.0 Å². The van der Waals surface area contributed by atoms with Crippen LogP contribution in [0.2, 0.25) is 0 Å². The SMILES string of the molecule is COc1ccc(CCNC(=O)Nc2cc([N+](=O)[O-])ccc2OC)cc1. The fourth-order valence-corrected chi connectivity index (χ4v) is 2.19. The highest BCUT2D eigenvalue weighted by Crippen LogP contribution is 2.28. The van der Waals surface area contributed by atoms with E-state index in [0.717, 1.165) is 11.3 Å². The topological polar surface area (TPSA) is 103 Å². The number of nitro benzene ring substituents is 1. The lowest BCUT2D eigenvalue weighted by Gasteiger charge is -2.11. The Kier molecular flexibility index (Phi) is 6.16. The molecule has 0 spiro atoms. The van der Waals surface area contributed by atoms with E-state index in [4.69, 9.17) is 9.47 Å². The first-order valence-corrected chi connectivity index (χ1v) is 7.53. The number of hydrogen-bond donors (Lipinski definition) is 2. The lowest BCUT2D eigenvalue weighted by atomic mass is 10.1. The maximum atomic E-state index is 12.0. The Hall–Kier alpha value is -3.29. The lowest BCUT2D eigenvalue weighted by molar-refractivity contribution is -0.384. The highest BCUT2D eigenvalue weighted by Gasteiger charge is 2.13. The smallest absolute Gasteiger partial charge is 0.319 e. The summed E-state index contributed by atoms with van der Waals surface area (Å²) < 4.78 is 10.2. The highest BCUT2D eigenvalue weighted by atomic mass is 16.6. The minimum Gasteiger partial charge on any atom is -0.497 e. The number of rotatable bonds is 7. The molecule has 0 aliphatic rings. The molecule has 2 N–H and O–H groups in total. The van der Waals surface area contributed by atoms with Crippen molar-refractivity contribution in [3.63, 3.8) is 0 Å². The van der Waals surface area contributed by atoms with Crippen molar-refractivity contribution in [3.05, 3.63) is 58.1 Å². The highest BCUT2D eigenvalue weighted by molar-refractivity contribution is 5.91. The number of amides is 2. The number of carbonyl (C=O) groups is 1. The molecular formula is C17H19N3O5. The van der Waals surface area contributed by atoms with Crippen LogP contribution in [0.4, 0.5) is 16.2 Å². The van der Waals surface area contributed by atoms with Gasteiger partial charge in [-0.1, -0.05) is 12.1 Å². The van der Waals surface area contributed by atoms with Crippen LogP contribution < -0.4 is 20.1 Å². The number of hydrogen-bond acceptors (Lipinski definition) is 5. The van der Waals surface area contributed by atoms with Crippen molar-refractivity contribution in [1.29, 1.82) is 0 Å². The van der Waals surface area contributed by atoms with Crippen LogP contribution in [0.5, 0.6) is 11.5 Å². The van der Waals surface area contributed by atoms with Crippen molar-refractivity contribution in [2.24, 2.45) is 0 Å². The summed E-state index contributed by atoms with van der Waals surface area (Å²) in [5.74, 6) is 1.11. The molecular weight excluding hydrogens is 326 g/mol. The van der Waals surface area contributed by atoms with Gasteiger partial charge in [0, 0.05) is 18.7 Å². The zero-order valence-electron chi connectivity index (χ0n) is 13.9. The molecule has 2 amide bonds. The summed E-state index contributed by atoms with van der Waals surface area (Å²) in [5, 5.41) is 16.1. The average Bonchev–Trinajstić information content (AvgIpc) is 2.62. The number of anilines is 1. The van der Waals surface area contributed by atoms with Crippen molar-refractivity contribution in [2.45, 2.75) is 6.42 Å². The fourth-order valence-electron chi connectivity index (χ4n) is 2.19. The monoisotopic (exact) mass is 345 g/mol. The minimum atomic E-state index is -0.536.